The lowest BCUT2D eigenvalue weighted by atomic mass is 10.00. The number of ether oxygens (including phenoxy) is 1. The molecule has 3 nitrogen and oxygen atoms in total. The van der Waals surface area contributed by atoms with Gasteiger partial charge >= 0.3 is 0 Å². The number of halogens is 1. The molecule has 0 aliphatic heterocycles. The van der Waals surface area contributed by atoms with Crippen molar-refractivity contribution < 1.29 is 13.9 Å². The van der Waals surface area contributed by atoms with E-state index in [1.807, 2.05) is 19.1 Å². The molecule has 4 heteroatoms. The van der Waals surface area contributed by atoms with Crippen molar-refractivity contribution in [2.24, 2.45) is 0 Å². The van der Waals surface area contributed by atoms with E-state index in [4.69, 9.17) is 4.74 Å². The third-order valence-electron chi connectivity index (χ3n) is 5.09. The summed E-state index contributed by atoms with van der Waals surface area (Å²) in [6.45, 7) is 5.19. The fraction of sp³-hybridized carbons (Fsp3) is 0.609. The Morgan fingerprint density at radius 1 is 1.26 bits per heavy atom. The molecule has 0 saturated heterocycles. The average Bonchev–Trinajstić information content (AvgIpc) is 3.52. The number of carbonyl (C=O) groups is 1. The van der Waals surface area contributed by atoms with Crippen LogP contribution >= 0.6 is 0 Å². The highest BCUT2D eigenvalue weighted by molar-refractivity contribution is 6.01. The molecule has 1 saturated carbocycles. The maximum atomic E-state index is 15.6. The second-order valence-corrected chi connectivity index (χ2v) is 7.73. The van der Waals surface area contributed by atoms with Crippen LogP contribution in [0.5, 0.6) is 0 Å². The standard InChI is InChI=1S/C23H34FNO2/c1-4-5-6-10-17-27-23(24,22(26)20-11-8-7-9-12-20)16-15-19(2)18-25(3)21-13-14-21/h7-9,11-12,15,21H,4-6,10,13-14,16-18H2,1-3H3. The summed E-state index contributed by atoms with van der Waals surface area (Å²) in [5.74, 6) is -2.88. The van der Waals surface area contributed by atoms with Gasteiger partial charge in [-0.1, -0.05) is 68.2 Å². The molecule has 0 heterocycles. The Morgan fingerprint density at radius 3 is 2.59 bits per heavy atom. The highest BCUT2D eigenvalue weighted by Crippen LogP contribution is 2.28. The third kappa shape index (κ3) is 7.19. The Kier molecular flexibility index (Phi) is 8.65. The Morgan fingerprint density at radius 2 is 1.96 bits per heavy atom. The van der Waals surface area contributed by atoms with Crippen molar-refractivity contribution in [3.05, 3.63) is 47.5 Å². The minimum absolute atomic E-state index is 0.0428. The first kappa shape index (κ1) is 21.8. The van der Waals surface area contributed by atoms with Gasteiger partial charge in [0.25, 0.3) is 5.85 Å². The third-order valence-corrected chi connectivity index (χ3v) is 5.09. The average molecular weight is 376 g/mol. The van der Waals surface area contributed by atoms with Gasteiger partial charge in [-0.05, 0) is 33.2 Å². The van der Waals surface area contributed by atoms with E-state index in [9.17, 15) is 4.79 Å². The summed E-state index contributed by atoms with van der Waals surface area (Å²) < 4.78 is 21.2. The zero-order valence-corrected chi connectivity index (χ0v) is 17.0. The summed E-state index contributed by atoms with van der Waals surface area (Å²) >= 11 is 0. The SMILES string of the molecule is CCCCCCOC(F)(CC=C(C)CN(C)C1CC1)C(=O)c1ccccc1. The van der Waals surface area contributed by atoms with Crippen molar-refractivity contribution in [1.82, 2.24) is 4.90 Å². The molecular formula is C23H34FNO2. The van der Waals surface area contributed by atoms with E-state index in [2.05, 4.69) is 18.9 Å². The van der Waals surface area contributed by atoms with Crippen LogP contribution in [0.1, 0.15) is 69.2 Å². The van der Waals surface area contributed by atoms with Crippen LogP contribution in [-0.4, -0.2) is 42.8 Å². The van der Waals surface area contributed by atoms with Crippen LogP contribution in [-0.2, 0) is 4.74 Å². The van der Waals surface area contributed by atoms with Crippen molar-refractivity contribution in [3.8, 4) is 0 Å². The Balaban J connectivity index is 2.02. The number of benzene rings is 1. The summed E-state index contributed by atoms with van der Waals surface area (Å²) in [6.07, 6.45) is 8.24. The van der Waals surface area contributed by atoms with E-state index in [0.29, 0.717) is 11.6 Å². The van der Waals surface area contributed by atoms with Gasteiger partial charge in [-0.25, -0.2) is 4.39 Å². The predicted octanol–water partition coefficient (Wildman–Crippen LogP) is 5.56. The number of hydrogen-bond acceptors (Lipinski definition) is 3. The summed E-state index contributed by atoms with van der Waals surface area (Å²) in [4.78, 5) is 15.1. The van der Waals surface area contributed by atoms with Crippen LogP contribution in [0.25, 0.3) is 0 Å². The molecule has 0 spiro atoms. The van der Waals surface area contributed by atoms with Gasteiger partial charge in [-0.2, -0.15) is 0 Å². The molecule has 1 atom stereocenters. The van der Waals surface area contributed by atoms with Crippen LogP contribution < -0.4 is 0 Å². The highest BCUT2D eigenvalue weighted by Gasteiger charge is 2.39. The number of nitrogens with zero attached hydrogens (tertiary/aromatic N) is 1. The first-order chi connectivity index (χ1) is 13.0. The molecule has 1 unspecified atom stereocenters. The van der Waals surface area contributed by atoms with Crippen molar-refractivity contribution in [2.75, 3.05) is 20.2 Å². The van der Waals surface area contributed by atoms with Gasteiger partial charge in [-0.3, -0.25) is 9.69 Å². The molecule has 27 heavy (non-hydrogen) atoms. The molecule has 1 aromatic rings. The molecule has 0 amide bonds. The van der Waals surface area contributed by atoms with Crippen molar-refractivity contribution in [2.45, 2.75) is 70.7 Å². The molecule has 150 valence electrons. The molecule has 0 bridgehead atoms. The Bertz CT molecular complexity index is 612. The predicted molar refractivity (Wildman–Crippen MR) is 109 cm³/mol. The quantitative estimate of drug-likeness (QED) is 0.257. The van der Waals surface area contributed by atoms with E-state index in [-0.39, 0.29) is 13.0 Å². The fourth-order valence-electron chi connectivity index (χ4n) is 3.19. The number of ketones is 1. The first-order valence-corrected chi connectivity index (χ1v) is 10.2. The molecule has 2 rings (SSSR count). The minimum Gasteiger partial charge on any atom is -0.340 e. The maximum Gasteiger partial charge on any atom is 0.276 e. The van der Waals surface area contributed by atoms with Gasteiger partial charge in [0.15, 0.2) is 0 Å². The lowest BCUT2D eigenvalue weighted by Crippen LogP contribution is -2.37. The largest absolute Gasteiger partial charge is 0.340 e. The highest BCUT2D eigenvalue weighted by atomic mass is 19.2. The second kappa shape index (κ2) is 10.7. The van der Waals surface area contributed by atoms with Gasteiger partial charge in [0.1, 0.15) is 0 Å². The molecule has 1 aromatic carbocycles. The number of carbonyl (C=O) groups excluding carboxylic acids is 1. The maximum absolute atomic E-state index is 15.6. The zero-order chi connectivity index (χ0) is 19.7. The molecule has 0 radical (unpaired) electrons. The van der Waals surface area contributed by atoms with Crippen LogP contribution in [0.2, 0.25) is 0 Å². The number of alkyl halides is 1. The van der Waals surface area contributed by atoms with Crippen LogP contribution in [0.15, 0.2) is 42.0 Å². The van der Waals surface area contributed by atoms with E-state index in [0.717, 1.165) is 37.8 Å². The fourth-order valence-corrected chi connectivity index (χ4v) is 3.19. The minimum atomic E-state index is -2.30. The van der Waals surface area contributed by atoms with Gasteiger partial charge < -0.3 is 4.74 Å². The molecule has 1 fully saturated rings. The van der Waals surface area contributed by atoms with Gasteiger partial charge in [0, 0.05) is 24.6 Å². The molecular weight excluding hydrogens is 341 g/mol. The zero-order valence-electron chi connectivity index (χ0n) is 17.0. The van der Waals surface area contributed by atoms with Crippen molar-refractivity contribution in [1.29, 1.82) is 0 Å². The number of hydrogen-bond donors (Lipinski definition) is 0. The topological polar surface area (TPSA) is 29.5 Å². The summed E-state index contributed by atoms with van der Waals surface area (Å²) in [7, 11) is 2.09. The summed E-state index contributed by atoms with van der Waals surface area (Å²) in [5, 5.41) is 0. The lowest BCUT2D eigenvalue weighted by Gasteiger charge is -2.24. The number of unbranched alkanes of at least 4 members (excludes halogenated alkanes) is 3. The van der Waals surface area contributed by atoms with E-state index < -0.39 is 11.6 Å². The molecule has 0 N–H and O–H groups in total. The van der Waals surface area contributed by atoms with Crippen molar-refractivity contribution >= 4 is 5.78 Å². The first-order valence-electron chi connectivity index (χ1n) is 10.2. The summed E-state index contributed by atoms with van der Waals surface area (Å²) in [6, 6.07) is 9.27. The number of rotatable bonds is 13. The van der Waals surface area contributed by atoms with Crippen LogP contribution in [0.3, 0.4) is 0 Å². The van der Waals surface area contributed by atoms with Gasteiger partial charge in [-0.15, -0.1) is 0 Å². The van der Waals surface area contributed by atoms with Gasteiger partial charge in [0.2, 0.25) is 5.78 Å². The second-order valence-electron chi connectivity index (χ2n) is 7.73. The lowest BCUT2D eigenvalue weighted by molar-refractivity contribution is -0.109. The smallest absolute Gasteiger partial charge is 0.276 e. The van der Waals surface area contributed by atoms with Crippen LogP contribution in [0.4, 0.5) is 4.39 Å². The molecule has 1 aliphatic rings. The van der Waals surface area contributed by atoms with E-state index >= 15 is 4.39 Å². The molecule has 0 aromatic heterocycles. The number of Topliss-reactive ketones (excluding diaryl/α,β-unsaturated/α-hetero) is 1. The number of likely N-dealkylation sites (N-methyl/N-ethyl adjacent to an activating group) is 1. The van der Waals surface area contributed by atoms with E-state index in [1.165, 1.54) is 12.8 Å². The Hall–Kier alpha value is -1.52. The normalized spacial score (nSPS) is 17.1. The Labute approximate surface area is 163 Å². The van der Waals surface area contributed by atoms with E-state index in [1.54, 1.807) is 24.3 Å². The monoisotopic (exact) mass is 375 g/mol. The van der Waals surface area contributed by atoms with Crippen molar-refractivity contribution in [3.63, 3.8) is 0 Å². The van der Waals surface area contributed by atoms with Gasteiger partial charge in [0.05, 0.1) is 6.61 Å². The molecule has 1 aliphatic carbocycles. The summed E-state index contributed by atoms with van der Waals surface area (Å²) in [5.41, 5.74) is 1.43. The van der Waals surface area contributed by atoms with Crippen LogP contribution in [0, 0.1) is 0 Å².